The molecule has 1 unspecified atom stereocenters. The predicted octanol–water partition coefficient (Wildman–Crippen LogP) is 3.86. The van der Waals surface area contributed by atoms with Crippen LogP contribution in [0.1, 0.15) is 44.3 Å². The predicted molar refractivity (Wildman–Crippen MR) is 130 cm³/mol. The Morgan fingerprint density at radius 2 is 2.03 bits per heavy atom. The average Bonchev–Trinajstić information content (AvgIpc) is 3.43. The van der Waals surface area contributed by atoms with Crippen molar-refractivity contribution in [2.24, 2.45) is 4.99 Å². The van der Waals surface area contributed by atoms with Gasteiger partial charge in [-0.2, -0.15) is 4.98 Å². The zero-order chi connectivity index (χ0) is 21.4. The highest BCUT2D eigenvalue weighted by Gasteiger charge is 2.26. The molecule has 3 rings (SSSR count). The van der Waals surface area contributed by atoms with Gasteiger partial charge in [0.1, 0.15) is 11.4 Å². The summed E-state index contributed by atoms with van der Waals surface area (Å²) < 4.78 is 10.7. The SMILES string of the molecule is CCCc1noc(-c2cccc(CN=C(NCC)NCC(C)(O)c3ccco3)c2)n1.I. The molecule has 0 aliphatic rings. The number of benzene rings is 1. The molecule has 2 aromatic heterocycles. The molecule has 31 heavy (non-hydrogen) atoms. The van der Waals surface area contributed by atoms with Gasteiger partial charge in [-0.15, -0.1) is 24.0 Å². The summed E-state index contributed by atoms with van der Waals surface area (Å²) in [4.78, 5) is 9.07. The lowest BCUT2D eigenvalue weighted by Gasteiger charge is -2.22. The van der Waals surface area contributed by atoms with Crippen LogP contribution in [0.4, 0.5) is 0 Å². The van der Waals surface area contributed by atoms with E-state index in [0.717, 1.165) is 29.8 Å². The number of nitrogens with one attached hydrogen (secondary N) is 2. The Labute approximate surface area is 199 Å². The number of guanidine groups is 1. The van der Waals surface area contributed by atoms with E-state index >= 15 is 0 Å². The summed E-state index contributed by atoms with van der Waals surface area (Å²) in [6.07, 6.45) is 3.32. The van der Waals surface area contributed by atoms with Crippen LogP contribution in [0.2, 0.25) is 0 Å². The van der Waals surface area contributed by atoms with E-state index in [-0.39, 0.29) is 30.5 Å². The molecule has 3 aromatic rings. The Morgan fingerprint density at radius 1 is 1.19 bits per heavy atom. The van der Waals surface area contributed by atoms with Gasteiger partial charge < -0.3 is 24.7 Å². The van der Waals surface area contributed by atoms with Crippen LogP contribution >= 0.6 is 24.0 Å². The first-order valence-corrected chi connectivity index (χ1v) is 10.2. The topological polar surface area (TPSA) is 109 Å². The highest BCUT2D eigenvalue weighted by Crippen LogP contribution is 2.20. The molecule has 0 bridgehead atoms. The smallest absolute Gasteiger partial charge is 0.257 e. The Bertz CT molecular complexity index is 954. The molecule has 0 saturated carbocycles. The largest absolute Gasteiger partial charge is 0.466 e. The Hall–Kier alpha value is -2.40. The molecule has 168 valence electrons. The van der Waals surface area contributed by atoms with Gasteiger partial charge in [0.15, 0.2) is 11.8 Å². The van der Waals surface area contributed by atoms with Crippen molar-refractivity contribution in [2.45, 2.75) is 45.8 Å². The van der Waals surface area contributed by atoms with Crippen molar-refractivity contribution < 1.29 is 14.0 Å². The fourth-order valence-corrected chi connectivity index (χ4v) is 2.94. The van der Waals surface area contributed by atoms with Crippen molar-refractivity contribution in [1.29, 1.82) is 0 Å². The van der Waals surface area contributed by atoms with Crippen molar-refractivity contribution in [3.05, 3.63) is 59.8 Å². The van der Waals surface area contributed by atoms with Gasteiger partial charge >= 0.3 is 0 Å². The van der Waals surface area contributed by atoms with Gasteiger partial charge in [-0.25, -0.2) is 4.99 Å². The molecular weight excluding hydrogens is 509 g/mol. The van der Waals surface area contributed by atoms with Crippen LogP contribution in [-0.4, -0.2) is 34.3 Å². The Kier molecular flexibility index (Phi) is 9.50. The van der Waals surface area contributed by atoms with Crippen molar-refractivity contribution in [1.82, 2.24) is 20.8 Å². The minimum atomic E-state index is -1.15. The van der Waals surface area contributed by atoms with E-state index in [2.05, 4.69) is 32.7 Å². The third-order valence-electron chi connectivity index (χ3n) is 4.53. The fourth-order valence-electron chi connectivity index (χ4n) is 2.94. The molecule has 0 radical (unpaired) electrons. The maximum absolute atomic E-state index is 10.6. The molecular formula is C22H30IN5O3. The van der Waals surface area contributed by atoms with E-state index in [1.807, 2.05) is 31.2 Å². The van der Waals surface area contributed by atoms with Crippen molar-refractivity contribution in [3.63, 3.8) is 0 Å². The van der Waals surface area contributed by atoms with Crippen LogP contribution in [0.5, 0.6) is 0 Å². The molecule has 3 N–H and O–H groups in total. The normalized spacial score (nSPS) is 13.4. The lowest BCUT2D eigenvalue weighted by molar-refractivity contribution is 0.0386. The zero-order valence-corrected chi connectivity index (χ0v) is 20.4. The third kappa shape index (κ3) is 7.06. The third-order valence-corrected chi connectivity index (χ3v) is 4.53. The van der Waals surface area contributed by atoms with E-state index in [0.29, 0.717) is 30.7 Å². The first kappa shape index (κ1) is 24.9. The second-order valence-electron chi connectivity index (χ2n) is 7.27. The number of nitrogens with zero attached hydrogens (tertiary/aromatic N) is 3. The standard InChI is InChI=1S/C22H29N5O3.HI/c1-4-8-19-26-20(30-27-19)17-10-6-9-16(13-17)14-24-21(23-5-2)25-15-22(3,28)18-11-7-12-29-18;/h6-7,9-13,28H,4-5,8,14-15H2,1-3H3,(H2,23,24,25);1H. The maximum Gasteiger partial charge on any atom is 0.257 e. The molecule has 0 saturated heterocycles. The van der Waals surface area contributed by atoms with Crippen LogP contribution in [0, 0.1) is 0 Å². The first-order chi connectivity index (χ1) is 14.5. The number of aryl methyl sites for hydroxylation is 1. The summed E-state index contributed by atoms with van der Waals surface area (Å²) in [6.45, 7) is 7.20. The van der Waals surface area contributed by atoms with Crippen molar-refractivity contribution >= 4 is 29.9 Å². The van der Waals surface area contributed by atoms with Gasteiger partial charge in [-0.1, -0.05) is 24.2 Å². The van der Waals surface area contributed by atoms with Gasteiger partial charge in [-0.3, -0.25) is 0 Å². The Morgan fingerprint density at radius 3 is 2.74 bits per heavy atom. The summed E-state index contributed by atoms with van der Waals surface area (Å²) in [7, 11) is 0. The van der Waals surface area contributed by atoms with Gasteiger partial charge in [0.05, 0.1) is 19.4 Å². The van der Waals surface area contributed by atoms with Crippen molar-refractivity contribution in [2.75, 3.05) is 13.1 Å². The number of furan rings is 1. The molecule has 0 aliphatic carbocycles. The highest BCUT2D eigenvalue weighted by atomic mass is 127. The van der Waals surface area contributed by atoms with E-state index in [1.54, 1.807) is 25.3 Å². The number of hydrogen-bond donors (Lipinski definition) is 3. The van der Waals surface area contributed by atoms with Crippen LogP contribution < -0.4 is 10.6 Å². The van der Waals surface area contributed by atoms with Crippen LogP contribution in [0.15, 0.2) is 56.6 Å². The number of hydrogen-bond acceptors (Lipinski definition) is 6. The van der Waals surface area contributed by atoms with Gasteiger partial charge in [-0.05, 0) is 50.1 Å². The molecule has 0 amide bonds. The summed E-state index contributed by atoms with van der Waals surface area (Å²) >= 11 is 0. The minimum absolute atomic E-state index is 0. The number of aliphatic hydroxyl groups is 1. The van der Waals surface area contributed by atoms with Crippen LogP contribution in [0.3, 0.4) is 0 Å². The number of aliphatic imine (C=N–C) groups is 1. The summed E-state index contributed by atoms with van der Waals surface area (Å²) in [6, 6.07) is 11.4. The fraction of sp³-hybridized carbons (Fsp3) is 0.409. The molecule has 2 heterocycles. The maximum atomic E-state index is 10.6. The zero-order valence-electron chi connectivity index (χ0n) is 18.1. The second-order valence-corrected chi connectivity index (χ2v) is 7.27. The first-order valence-electron chi connectivity index (χ1n) is 10.2. The van der Waals surface area contributed by atoms with Crippen molar-refractivity contribution in [3.8, 4) is 11.5 Å². The Balaban J connectivity index is 0.00000341. The van der Waals surface area contributed by atoms with Crippen LogP contribution in [0.25, 0.3) is 11.5 Å². The van der Waals surface area contributed by atoms with E-state index in [4.69, 9.17) is 8.94 Å². The molecule has 1 aromatic carbocycles. The molecule has 8 nitrogen and oxygen atoms in total. The highest BCUT2D eigenvalue weighted by molar-refractivity contribution is 14.0. The van der Waals surface area contributed by atoms with Gasteiger partial charge in [0, 0.05) is 18.5 Å². The summed E-state index contributed by atoms with van der Waals surface area (Å²) in [5, 5.41) is 21.0. The lowest BCUT2D eigenvalue weighted by Crippen LogP contribution is -2.44. The number of halogens is 1. The second kappa shape index (κ2) is 11.8. The van der Waals surface area contributed by atoms with Gasteiger partial charge in [0.2, 0.25) is 0 Å². The summed E-state index contributed by atoms with van der Waals surface area (Å²) in [5.74, 6) is 2.35. The van der Waals surface area contributed by atoms with E-state index in [1.165, 1.54) is 0 Å². The monoisotopic (exact) mass is 539 g/mol. The number of aromatic nitrogens is 2. The molecule has 0 spiro atoms. The average molecular weight is 539 g/mol. The molecule has 1 atom stereocenters. The molecule has 0 aliphatic heterocycles. The van der Waals surface area contributed by atoms with Crippen LogP contribution in [-0.2, 0) is 18.6 Å². The quantitative estimate of drug-likeness (QED) is 0.215. The molecule has 0 fully saturated rings. The van der Waals surface area contributed by atoms with E-state index < -0.39 is 5.60 Å². The minimum Gasteiger partial charge on any atom is -0.466 e. The lowest BCUT2D eigenvalue weighted by atomic mass is 10.0. The van der Waals surface area contributed by atoms with Gasteiger partial charge in [0.25, 0.3) is 5.89 Å². The molecule has 9 heteroatoms. The van der Waals surface area contributed by atoms with E-state index in [9.17, 15) is 5.11 Å². The number of rotatable bonds is 9. The summed E-state index contributed by atoms with van der Waals surface area (Å²) in [5.41, 5.74) is 0.738.